The average Bonchev–Trinajstić information content (AvgIpc) is 2.91. The lowest BCUT2D eigenvalue weighted by Crippen LogP contribution is -2.44. The summed E-state index contributed by atoms with van der Waals surface area (Å²) in [5.41, 5.74) is 11.6. The van der Waals surface area contributed by atoms with E-state index in [1.807, 2.05) is 29.2 Å². The van der Waals surface area contributed by atoms with E-state index >= 15 is 0 Å². The van der Waals surface area contributed by atoms with Crippen LogP contribution >= 0.6 is 12.4 Å². The maximum atomic E-state index is 13.0. The van der Waals surface area contributed by atoms with Crippen molar-refractivity contribution in [2.75, 3.05) is 28.6 Å². The SMILES string of the molecule is CC1Cc2ccccc2N1C(=O)CN1CCCc2c(N)cccc21.Cl. The van der Waals surface area contributed by atoms with Gasteiger partial charge in [-0.3, -0.25) is 4.79 Å². The molecule has 0 bridgehead atoms. The molecule has 2 aromatic carbocycles. The van der Waals surface area contributed by atoms with Gasteiger partial charge in [0, 0.05) is 29.6 Å². The fourth-order valence-electron chi connectivity index (χ4n) is 4.08. The molecule has 0 saturated heterocycles. The first kappa shape index (κ1) is 17.6. The van der Waals surface area contributed by atoms with E-state index in [4.69, 9.17) is 5.73 Å². The van der Waals surface area contributed by atoms with Crippen molar-refractivity contribution in [3.05, 3.63) is 53.6 Å². The minimum atomic E-state index is 0. The highest BCUT2D eigenvalue weighted by Crippen LogP contribution is 2.34. The van der Waals surface area contributed by atoms with Crippen LogP contribution in [-0.2, 0) is 17.6 Å². The second-order valence-corrected chi connectivity index (χ2v) is 6.82. The number of nitrogen functional groups attached to an aromatic ring is 1. The van der Waals surface area contributed by atoms with Crippen molar-refractivity contribution in [2.24, 2.45) is 0 Å². The third kappa shape index (κ3) is 3.07. The molecule has 1 atom stereocenters. The number of carbonyl (C=O) groups is 1. The van der Waals surface area contributed by atoms with Crippen LogP contribution in [-0.4, -0.2) is 25.0 Å². The van der Waals surface area contributed by atoms with E-state index in [0.29, 0.717) is 6.54 Å². The predicted octanol–water partition coefficient (Wildman–Crippen LogP) is 3.42. The second kappa shape index (κ2) is 6.96. The molecule has 0 aliphatic carbocycles. The molecule has 132 valence electrons. The van der Waals surface area contributed by atoms with Gasteiger partial charge in [0.15, 0.2) is 0 Å². The number of anilines is 3. The normalized spacial score (nSPS) is 18.4. The number of rotatable bonds is 2. The summed E-state index contributed by atoms with van der Waals surface area (Å²) in [7, 11) is 0. The molecule has 0 radical (unpaired) electrons. The Balaban J connectivity index is 0.00000182. The number of hydrogen-bond acceptors (Lipinski definition) is 3. The van der Waals surface area contributed by atoms with Crippen molar-refractivity contribution in [2.45, 2.75) is 32.2 Å². The lowest BCUT2D eigenvalue weighted by Gasteiger charge is -2.33. The molecule has 2 aliphatic heterocycles. The van der Waals surface area contributed by atoms with Crippen LogP contribution in [0, 0.1) is 0 Å². The monoisotopic (exact) mass is 357 g/mol. The summed E-state index contributed by atoms with van der Waals surface area (Å²) in [6.45, 7) is 3.45. The molecule has 0 saturated carbocycles. The molecule has 0 aromatic heterocycles. The molecule has 0 fully saturated rings. The Morgan fingerprint density at radius 2 is 1.92 bits per heavy atom. The molecule has 2 aromatic rings. The average molecular weight is 358 g/mol. The number of amides is 1. The largest absolute Gasteiger partial charge is 0.398 e. The number of fused-ring (bicyclic) bond motifs is 2. The van der Waals surface area contributed by atoms with Gasteiger partial charge in [-0.25, -0.2) is 0 Å². The molecular formula is C20H24ClN3O. The van der Waals surface area contributed by atoms with Gasteiger partial charge in [-0.1, -0.05) is 24.3 Å². The molecule has 2 N–H and O–H groups in total. The fourth-order valence-corrected chi connectivity index (χ4v) is 4.08. The van der Waals surface area contributed by atoms with Gasteiger partial charge < -0.3 is 15.5 Å². The van der Waals surface area contributed by atoms with Gasteiger partial charge in [-0.05, 0) is 55.5 Å². The molecule has 25 heavy (non-hydrogen) atoms. The number of nitrogens with two attached hydrogens (primary N) is 1. The van der Waals surface area contributed by atoms with Crippen molar-refractivity contribution in [1.29, 1.82) is 0 Å². The summed E-state index contributed by atoms with van der Waals surface area (Å²) < 4.78 is 0. The lowest BCUT2D eigenvalue weighted by atomic mass is 10.00. The van der Waals surface area contributed by atoms with Gasteiger partial charge in [0.1, 0.15) is 0 Å². The van der Waals surface area contributed by atoms with E-state index in [2.05, 4.69) is 30.0 Å². The molecule has 4 nitrogen and oxygen atoms in total. The maximum absolute atomic E-state index is 13.0. The van der Waals surface area contributed by atoms with Crippen LogP contribution in [0.25, 0.3) is 0 Å². The van der Waals surface area contributed by atoms with Gasteiger partial charge >= 0.3 is 0 Å². The Kier molecular flexibility index (Phi) is 4.91. The summed E-state index contributed by atoms with van der Waals surface area (Å²) in [6, 6.07) is 14.5. The van der Waals surface area contributed by atoms with Gasteiger partial charge in [0.2, 0.25) is 5.91 Å². The summed E-state index contributed by atoms with van der Waals surface area (Å²) in [4.78, 5) is 17.2. The van der Waals surface area contributed by atoms with Crippen LogP contribution < -0.4 is 15.5 Å². The van der Waals surface area contributed by atoms with E-state index in [1.165, 1.54) is 11.1 Å². The molecule has 0 spiro atoms. The Labute approximate surface area is 155 Å². The zero-order valence-electron chi connectivity index (χ0n) is 14.4. The van der Waals surface area contributed by atoms with Crippen LogP contribution in [0.2, 0.25) is 0 Å². The van der Waals surface area contributed by atoms with Crippen LogP contribution in [0.15, 0.2) is 42.5 Å². The summed E-state index contributed by atoms with van der Waals surface area (Å²) in [5.74, 6) is 0.169. The summed E-state index contributed by atoms with van der Waals surface area (Å²) in [5, 5.41) is 0. The van der Waals surface area contributed by atoms with Crippen molar-refractivity contribution in [1.82, 2.24) is 0 Å². The van der Waals surface area contributed by atoms with Crippen LogP contribution in [0.1, 0.15) is 24.5 Å². The summed E-state index contributed by atoms with van der Waals surface area (Å²) in [6.07, 6.45) is 2.97. The topological polar surface area (TPSA) is 49.6 Å². The van der Waals surface area contributed by atoms with Crippen molar-refractivity contribution < 1.29 is 4.79 Å². The Morgan fingerprint density at radius 1 is 1.16 bits per heavy atom. The second-order valence-electron chi connectivity index (χ2n) is 6.82. The van der Waals surface area contributed by atoms with Gasteiger partial charge in [-0.2, -0.15) is 0 Å². The zero-order valence-corrected chi connectivity index (χ0v) is 15.3. The first-order valence-electron chi connectivity index (χ1n) is 8.67. The Hall–Kier alpha value is -2.20. The number of carbonyl (C=O) groups excluding carboxylic acids is 1. The molecule has 2 aliphatic rings. The van der Waals surface area contributed by atoms with E-state index in [-0.39, 0.29) is 24.4 Å². The molecular weight excluding hydrogens is 334 g/mol. The minimum absolute atomic E-state index is 0. The number of hydrogen-bond donors (Lipinski definition) is 1. The quantitative estimate of drug-likeness (QED) is 0.838. The minimum Gasteiger partial charge on any atom is -0.398 e. The smallest absolute Gasteiger partial charge is 0.246 e. The van der Waals surface area contributed by atoms with Crippen molar-refractivity contribution in [3.63, 3.8) is 0 Å². The number of nitrogens with zero attached hydrogens (tertiary/aromatic N) is 2. The Morgan fingerprint density at radius 3 is 2.76 bits per heavy atom. The van der Waals surface area contributed by atoms with Crippen molar-refractivity contribution in [3.8, 4) is 0 Å². The van der Waals surface area contributed by atoms with Gasteiger partial charge in [0.05, 0.1) is 6.54 Å². The van der Waals surface area contributed by atoms with Crippen LogP contribution in [0.3, 0.4) is 0 Å². The van der Waals surface area contributed by atoms with E-state index in [0.717, 1.165) is 42.9 Å². The van der Waals surface area contributed by atoms with Crippen LogP contribution in [0.4, 0.5) is 17.1 Å². The molecule has 1 amide bonds. The van der Waals surface area contributed by atoms with E-state index < -0.39 is 0 Å². The highest BCUT2D eigenvalue weighted by atomic mass is 35.5. The third-order valence-corrected chi connectivity index (χ3v) is 5.19. The maximum Gasteiger partial charge on any atom is 0.246 e. The van der Waals surface area contributed by atoms with Crippen molar-refractivity contribution >= 4 is 35.4 Å². The Bertz CT molecular complexity index is 792. The number of halogens is 1. The lowest BCUT2D eigenvalue weighted by molar-refractivity contribution is -0.117. The standard InChI is InChI=1S/C20H23N3O.ClH/c1-14-12-15-6-2-3-9-18(15)23(14)20(24)13-22-11-5-7-16-17(21)8-4-10-19(16)22;/h2-4,6,8-10,14H,5,7,11-13,21H2,1H3;1H. The highest BCUT2D eigenvalue weighted by Gasteiger charge is 2.32. The van der Waals surface area contributed by atoms with Gasteiger partial charge in [-0.15, -0.1) is 12.4 Å². The fraction of sp³-hybridized carbons (Fsp3) is 0.350. The van der Waals surface area contributed by atoms with Crippen LogP contribution in [0.5, 0.6) is 0 Å². The molecule has 4 rings (SSSR count). The third-order valence-electron chi connectivity index (χ3n) is 5.19. The van der Waals surface area contributed by atoms with Gasteiger partial charge in [0.25, 0.3) is 0 Å². The molecule has 1 unspecified atom stereocenters. The van der Waals surface area contributed by atoms with E-state index in [9.17, 15) is 4.79 Å². The summed E-state index contributed by atoms with van der Waals surface area (Å²) >= 11 is 0. The first-order chi connectivity index (χ1) is 11.6. The number of para-hydroxylation sites is 1. The molecule has 5 heteroatoms. The molecule has 2 heterocycles. The predicted molar refractivity (Wildman–Crippen MR) is 106 cm³/mol. The number of benzene rings is 2. The first-order valence-corrected chi connectivity index (χ1v) is 8.67. The van der Waals surface area contributed by atoms with E-state index in [1.54, 1.807) is 0 Å². The highest BCUT2D eigenvalue weighted by molar-refractivity contribution is 5.99. The zero-order chi connectivity index (χ0) is 16.7.